The van der Waals surface area contributed by atoms with E-state index in [0.29, 0.717) is 12.6 Å². The van der Waals surface area contributed by atoms with Gasteiger partial charge in [0.2, 0.25) is 0 Å². The average molecular weight is 239 g/mol. The standard InChI is InChI=1S/C13H25N3O/c1-13(10-14)8-5-9-16(13)12(17)15-11-6-3-2-4-7-11/h11H,2-10,14H2,1H3,(H,15,17). The third-order valence-corrected chi connectivity index (χ3v) is 4.37. The Morgan fingerprint density at radius 2 is 2.06 bits per heavy atom. The van der Waals surface area contributed by atoms with Gasteiger partial charge >= 0.3 is 6.03 Å². The molecule has 2 amide bonds. The first-order chi connectivity index (χ1) is 8.15. The van der Waals surface area contributed by atoms with Crippen molar-refractivity contribution in [1.82, 2.24) is 10.2 Å². The smallest absolute Gasteiger partial charge is 0.318 e. The number of urea groups is 1. The summed E-state index contributed by atoms with van der Waals surface area (Å²) in [7, 11) is 0. The minimum Gasteiger partial charge on any atom is -0.335 e. The third-order valence-electron chi connectivity index (χ3n) is 4.37. The summed E-state index contributed by atoms with van der Waals surface area (Å²) >= 11 is 0. The van der Waals surface area contributed by atoms with Crippen LogP contribution in [0.3, 0.4) is 0 Å². The van der Waals surface area contributed by atoms with Crippen LogP contribution in [0.25, 0.3) is 0 Å². The zero-order valence-corrected chi connectivity index (χ0v) is 10.9. The quantitative estimate of drug-likeness (QED) is 0.772. The molecule has 0 aromatic rings. The largest absolute Gasteiger partial charge is 0.335 e. The monoisotopic (exact) mass is 239 g/mol. The van der Waals surface area contributed by atoms with Gasteiger partial charge in [-0.05, 0) is 32.6 Å². The molecule has 1 saturated heterocycles. The van der Waals surface area contributed by atoms with E-state index in [4.69, 9.17) is 5.73 Å². The van der Waals surface area contributed by atoms with Crippen molar-refractivity contribution >= 4 is 6.03 Å². The molecule has 1 saturated carbocycles. The molecule has 1 unspecified atom stereocenters. The van der Waals surface area contributed by atoms with Crippen molar-refractivity contribution in [2.45, 2.75) is 63.5 Å². The summed E-state index contributed by atoms with van der Waals surface area (Å²) in [6.45, 7) is 3.51. The van der Waals surface area contributed by atoms with Crippen LogP contribution in [0, 0.1) is 0 Å². The maximum absolute atomic E-state index is 12.2. The molecule has 0 spiro atoms. The fraction of sp³-hybridized carbons (Fsp3) is 0.923. The van der Waals surface area contributed by atoms with Crippen LogP contribution in [0.4, 0.5) is 4.79 Å². The van der Waals surface area contributed by atoms with E-state index in [1.165, 1.54) is 19.3 Å². The van der Waals surface area contributed by atoms with Gasteiger partial charge in [0, 0.05) is 19.1 Å². The normalized spacial score (nSPS) is 30.6. The molecule has 4 nitrogen and oxygen atoms in total. The van der Waals surface area contributed by atoms with Gasteiger partial charge in [-0.15, -0.1) is 0 Å². The first-order valence-electron chi connectivity index (χ1n) is 6.94. The van der Waals surface area contributed by atoms with Crippen LogP contribution in [0.1, 0.15) is 51.9 Å². The first kappa shape index (κ1) is 12.7. The molecule has 0 aromatic heterocycles. The van der Waals surface area contributed by atoms with Gasteiger partial charge in [-0.2, -0.15) is 0 Å². The predicted octanol–water partition coefficient (Wildman–Crippen LogP) is 1.84. The lowest BCUT2D eigenvalue weighted by molar-refractivity contribution is 0.153. The molecule has 1 heterocycles. The van der Waals surface area contributed by atoms with Crippen molar-refractivity contribution < 1.29 is 4.79 Å². The summed E-state index contributed by atoms with van der Waals surface area (Å²) < 4.78 is 0. The van der Waals surface area contributed by atoms with E-state index in [0.717, 1.165) is 32.2 Å². The molecular weight excluding hydrogens is 214 g/mol. The molecule has 2 aliphatic rings. The maximum Gasteiger partial charge on any atom is 0.318 e. The number of nitrogens with two attached hydrogens (primary N) is 1. The van der Waals surface area contributed by atoms with Crippen LogP contribution in [0.15, 0.2) is 0 Å². The van der Waals surface area contributed by atoms with Crippen molar-refractivity contribution in [3.63, 3.8) is 0 Å². The minimum absolute atomic E-state index is 0.0994. The number of nitrogens with zero attached hydrogens (tertiary/aromatic N) is 1. The molecule has 0 bridgehead atoms. The van der Waals surface area contributed by atoms with Gasteiger partial charge in [-0.1, -0.05) is 19.3 Å². The number of rotatable bonds is 2. The average Bonchev–Trinajstić information content (AvgIpc) is 2.73. The van der Waals surface area contributed by atoms with Crippen molar-refractivity contribution in [2.75, 3.05) is 13.1 Å². The second-order valence-electron chi connectivity index (χ2n) is 5.74. The topological polar surface area (TPSA) is 58.4 Å². The third kappa shape index (κ3) is 2.73. The van der Waals surface area contributed by atoms with Gasteiger partial charge in [-0.25, -0.2) is 4.79 Å². The molecule has 3 N–H and O–H groups in total. The van der Waals surface area contributed by atoms with Gasteiger partial charge in [0.25, 0.3) is 0 Å². The van der Waals surface area contributed by atoms with Crippen molar-refractivity contribution in [1.29, 1.82) is 0 Å². The fourth-order valence-electron chi connectivity index (χ4n) is 3.08. The summed E-state index contributed by atoms with van der Waals surface area (Å²) in [6, 6.07) is 0.487. The highest BCUT2D eigenvalue weighted by molar-refractivity contribution is 5.75. The number of hydrogen-bond donors (Lipinski definition) is 2. The van der Waals surface area contributed by atoms with Crippen LogP contribution < -0.4 is 11.1 Å². The van der Waals surface area contributed by atoms with Crippen molar-refractivity contribution in [2.24, 2.45) is 5.73 Å². The Kier molecular flexibility index (Phi) is 3.92. The summed E-state index contributed by atoms with van der Waals surface area (Å²) in [6.07, 6.45) is 8.19. The zero-order chi connectivity index (χ0) is 12.3. The Morgan fingerprint density at radius 1 is 1.35 bits per heavy atom. The van der Waals surface area contributed by atoms with E-state index >= 15 is 0 Å². The predicted molar refractivity (Wildman–Crippen MR) is 68.8 cm³/mol. The Hall–Kier alpha value is -0.770. The van der Waals surface area contributed by atoms with E-state index in [2.05, 4.69) is 12.2 Å². The Bertz CT molecular complexity index is 276. The zero-order valence-electron chi connectivity index (χ0n) is 10.9. The SMILES string of the molecule is CC1(CN)CCCN1C(=O)NC1CCCCC1. The summed E-state index contributed by atoms with van der Waals surface area (Å²) in [5.41, 5.74) is 5.68. The second kappa shape index (κ2) is 5.25. The highest BCUT2D eigenvalue weighted by atomic mass is 16.2. The summed E-state index contributed by atoms with van der Waals surface area (Å²) in [4.78, 5) is 14.2. The molecular formula is C13H25N3O. The highest BCUT2D eigenvalue weighted by Crippen LogP contribution is 2.28. The van der Waals surface area contributed by atoms with Gasteiger partial charge in [0.1, 0.15) is 0 Å². The summed E-state index contributed by atoms with van der Waals surface area (Å²) in [5, 5.41) is 3.18. The second-order valence-corrected chi connectivity index (χ2v) is 5.74. The van der Waals surface area contributed by atoms with Gasteiger partial charge in [-0.3, -0.25) is 0 Å². The lowest BCUT2D eigenvalue weighted by Gasteiger charge is -2.36. The van der Waals surface area contributed by atoms with Crippen molar-refractivity contribution in [3.05, 3.63) is 0 Å². The Balaban J connectivity index is 1.90. The number of carbonyl (C=O) groups is 1. The molecule has 0 aromatic carbocycles. The first-order valence-corrected chi connectivity index (χ1v) is 6.94. The number of amides is 2. The summed E-state index contributed by atoms with van der Waals surface area (Å²) in [5.74, 6) is 0. The number of nitrogens with one attached hydrogen (secondary N) is 1. The molecule has 1 aliphatic carbocycles. The lowest BCUT2D eigenvalue weighted by Crippen LogP contribution is -2.55. The number of carbonyl (C=O) groups excluding carboxylic acids is 1. The molecule has 98 valence electrons. The van der Waals surface area contributed by atoms with Crippen LogP contribution in [-0.2, 0) is 0 Å². The van der Waals surface area contributed by atoms with Crippen LogP contribution in [-0.4, -0.2) is 35.6 Å². The van der Waals surface area contributed by atoms with Crippen LogP contribution in [0.2, 0.25) is 0 Å². The highest BCUT2D eigenvalue weighted by Gasteiger charge is 2.38. The lowest BCUT2D eigenvalue weighted by atomic mass is 9.95. The minimum atomic E-state index is -0.126. The molecule has 1 aliphatic heterocycles. The van der Waals surface area contributed by atoms with Gasteiger partial charge in [0.15, 0.2) is 0 Å². The molecule has 17 heavy (non-hydrogen) atoms. The Morgan fingerprint density at radius 3 is 2.71 bits per heavy atom. The van der Waals surface area contributed by atoms with Gasteiger partial charge in [0.05, 0.1) is 5.54 Å². The molecule has 1 atom stereocenters. The van der Waals surface area contributed by atoms with Gasteiger partial charge < -0.3 is 16.0 Å². The number of hydrogen-bond acceptors (Lipinski definition) is 2. The maximum atomic E-state index is 12.2. The van der Waals surface area contributed by atoms with Crippen LogP contribution in [0.5, 0.6) is 0 Å². The Labute approximate surface area is 104 Å². The van der Waals surface area contributed by atoms with E-state index in [-0.39, 0.29) is 11.6 Å². The fourth-order valence-corrected chi connectivity index (χ4v) is 3.08. The van der Waals surface area contributed by atoms with Crippen molar-refractivity contribution in [3.8, 4) is 0 Å². The molecule has 0 radical (unpaired) electrons. The van der Waals surface area contributed by atoms with E-state index in [9.17, 15) is 4.79 Å². The van der Waals surface area contributed by atoms with E-state index in [1.807, 2.05) is 4.90 Å². The molecule has 2 rings (SSSR count). The number of likely N-dealkylation sites (tertiary alicyclic amines) is 1. The van der Waals surface area contributed by atoms with E-state index < -0.39 is 0 Å². The molecule has 2 fully saturated rings. The van der Waals surface area contributed by atoms with Crippen LogP contribution >= 0.6 is 0 Å². The molecule has 4 heteroatoms. The van der Waals surface area contributed by atoms with E-state index in [1.54, 1.807) is 0 Å².